The fraction of sp³-hybridized carbons (Fsp3) is 0.167. The van der Waals surface area contributed by atoms with Gasteiger partial charge in [-0.05, 0) is 48.5 Å². The highest BCUT2D eigenvalue weighted by Gasteiger charge is 2.11. The zero-order chi connectivity index (χ0) is 18.4. The fourth-order valence-electron chi connectivity index (χ4n) is 2.10. The molecule has 0 aliphatic rings. The number of hydrogen-bond acceptors (Lipinski definition) is 6. The number of thioether (sulfide) groups is 1. The van der Waals surface area contributed by atoms with Crippen LogP contribution in [-0.4, -0.2) is 29.0 Å². The van der Waals surface area contributed by atoms with Crippen molar-refractivity contribution < 1.29 is 18.3 Å². The van der Waals surface area contributed by atoms with Crippen LogP contribution in [0, 0.1) is 5.82 Å². The van der Waals surface area contributed by atoms with Gasteiger partial charge in [-0.2, -0.15) is 0 Å². The molecule has 0 spiro atoms. The van der Waals surface area contributed by atoms with Crippen molar-refractivity contribution in [3.05, 3.63) is 54.3 Å². The predicted octanol–water partition coefficient (Wildman–Crippen LogP) is 4.01. The van der Waals surface area contributed by atoms with E-state index in [-0.39, 0.29) is 23.6 Å². The van der Waals surface area contributed by atoms with Crippen LogP contribution in [0.15, 0.2) is 57.8 Å². The number of anilines is 1. The van der Waals surface area contributed by atoms with Crippen LogP contribution in [0.4, 0.5) is 10.4 Å². The molecule has 0 radical (unpaired) electrons. The molecule has 1 amide bonds. The molecule has 1 heterocycles. The first-order valence-corrected chi connectivity index (χ1v) is 8.79. The van der Waals surface area contributed by atoms with Crippen molar-refractivity contribution in [2.45, 2.75) is 11.3 Å². The summed E-state index contributed by atoms with van der Waals surface area (Å²) in [5.74, 6) is 1.04. The van der Waals surface area contributed by atoms with Gasteiger partial charge in [0.1, 0.15) is 11.6 Å². The summed E-state index contributed by atoms with van der Waals surface area (Å²) in [5, 5.41) is 10.2. The standard InChI is InChI=1S/C18H16FN3O3S/c1-24-14-6-8-15(9-7-14)26-11-10-16(23)20-18-22-21-17(25-18)12-2-4-13(19)5-3-12/h2-9H,10-11H2,1H3,(H,20,22,23). The lowest BCUT2D eigenvalue weighted by atomic mass is 10.2. The largest absolute Gasteiger partial charge is 0.497 e. The maximum absolute atomic E-state index is 12.9. The van der Waals surface area contributed by atoms with Gasteiger partial charge < -0.3 is 9.15 Å². The average molecular weight is 373 g/mol. The Labute approximate surface area is 153 Å². The van der Waals surface area contributed by atoms with E-state index in [1.54, 1.807) is 18.9 Å². The maximum atomic E-state index is 12.9. The summed E-state index contributed by atoms with van der Waals surface area (Å²) in [4.78, 5) is 13.0. The van der Waals surface area contributed by atoms with Crippen LogP contribution < -0.4 is 10.1 Å². The van der Waals surface area contributed by atoms with Crippen LogP contribution in [0.5, 0.6) is 5.75 Å². The number of halogens is 1. The first-order chi connectivity index (χ1) is 12.6. The van der Waals surface area contributed by atoms with Crippen molar-refractivity contribution in [2.75, 3.05) is 18.2 Å². The topological polar surface area (TPSA) is 77.2 Å². The highest BCUT2D eigenvalue weighted by atomic mass is 32.2. The van der Waals surface area contributed by atoms with Crippen LogP contribution in [0.3, 0.4) is 0 Å². The van der Waals surface area contributed by atoms with Crippen LogP contribution in [0.1, 0.15) is 6.42 Å². The molecular formula is C18H16FN3O3S. The average Bonchev–Trinajstić information content (AvgIpc) is 3.11. The van der Waals surface area contributed by atoms with E-state index < -0.39 is 0 Å². The van der Waals surface area contributed by atoms with E-state index in [9.17, 15) is 9.18 Å². The number of rotatable bonds is 7. The Morgan fingerprint density at radius 1 is 1.15 bits per heavy atom. The number of carbonyl (C=O) groups is 1. The third kappa shape index (κ3) is 4.82. The molecule has 1 N–H and O–H groups in total. The Morgan fingerprint density at radius 3 is 2.58 bits per heavy atom. The summed E-state index contributed by atoms with van der Waals surface area (Å²) in [6, 6.07) is 13.3. The van der Waals surface area contributed by atoms with E-state index in [1.165, 1.54) is 24.3 Å². The highest BCUT2D eigenvalue weighted by molar-refractivity contribution is 7.99. The summed E-state index contributed by atoms with van der Waals surface area (Å²) >= 11 is 1.56. The first-order valence-electron chi connectivity index (χ1n) is 7.80. The molecular weight excluding hydrogens is 357 g/mol. The second-order valence-corrected chi connectivity index (χ2v) is 6.41. The fourth-order valence-corrected chi connectivity index (χ4v) is 2.95. The van der Waals surface area contributed by atoms with Gasteiger partial charge in [0.05, 0.1) is 7.11 Å². The normalized spacial score (nSPS) is 10.5. The Balaban J connectivity index is 1.48. The van der Waals surface area contributed by atoms with Gasteiger partial charge in [0.25, 0.3) is 0 Å². The summed E-state index contributed by atoms with van der Waals surface area (Å²) in [6.45, 7) is 0. The second kappa shape index (κ2) is 8.48. The smallest absolute Gasteiger partial charge is 0.322 e. The summed E-state index contributed by atoms with van der Waals surface area (Å²) in [6.07, 6.45) is 0.297. The van der Waals surface area contributed by atoms with Crippen molar-refractivity contribution in [3.63, 3.8) is 0 Å². The molecule has 0 aliphatic carbocycles. The van der Waals surface area contributed by atoms with E-state index in [1.807, 2.05) is 24.3 Å². The molecule has 0 bridgehead atoms. The summed E-state index contributed by atoms with van der Waals surface area (Å²) in [7, 11) is 1.62. The van der Waals surface area contributed by atoms with Crippen LogP contribution in [-0.2, 0) is 4.79 Å². The first kappa shape index (κ1) is 17.9. The van der Waals surface area contributed by atoms with Gasteiger partial charge in [0.15, 0.2) is 0 Å². The minimum absolute atomic E-state index is 0.0174. The molecule has 3 aromatic rings. The molecule has 26 heavy (non-hydrogen) atoms. The second-order valence-electron chi connectivity index (χ2n) is 5.24. The van der Waals surface area contributed by atoms with Crippen molar-refractivity contribution in [1.29, 1.82) is 0 Å². The van der Waals surface area contributed by atoms with Gasteiger partial charge in [-0.3, -0.25) is 10.1 Å². The van der Waals surface area contributed by atoms with E-state index in [0.717, 1.165) is 10.6 Å². The highest BCUT2D eigenvalue weighted by Crippen LogP contribution is 2.23. The molecule has 8 heteroatoms. The third-order valence-electron chi connectivity index (χ3n) is 3.42. The summed E-state index contributed by atoms with van der Waals surface area (Å²) < 4.78 is 23.4. The Kier molecular flexibility index (Phi) is 5.85. The number of amides is 1. The monoisotopic (exact) mass is 373 g/mol. The van der Waals surface area contributed by atoms with Gasteiger partial charge in [0, 0.05) is 22.6 Å². The van der Waals surface area contributed by atoms with E-state index in [4.69, 9.17) is 9.15 Å². The maximum Gasteiger partial charge on any atom is 0.322 e. The number of hydrogen-bond donors (Lipinski definition) is 1. The molecule has 1 aromatic heterocycles. The van der Waals surface area contributed by atoms with Crippen molar-refractivity contribution in [2.24, 2.45) is 0 Å². The lowest BCUT2D eigenvalue weighted by Gasteiger charge is -2.03. The molecule has 134 valence electrons. The quantitative estimate of drug-likeness (QED) is 0.631. The zero-order valence-electron chi connectivity index (χ0n) is 13.9. The van der Waals surface area contributed by atoms with Crippen LogP contribution >= 0.6 is 11.8 Å². The van der Waals surface area contributed by atoms with Gasteiger partial charge >= 0.3 is 6.01 Å². The number of methoxy groups -OCH3 is 1. The molecule has 3 rings (SSSR count). The van der Waals surface area contributed by atoms with Crippen molar-refractivity contribution >= 4 is 23.7 Å². The van der Waals surface area contributed by atoms with Gasteiger partial charge in [-0.25, -0.2) is 4.39 Å². The van der Waals surface area contributed by atoms with E-state index >= 15 is 0 Å². The number of nitrogens with zero attached hydrogens (tertiary/aromatic N) is 2. The van der Waals surface area contributed by atoms with Gasteiger partial charge in [-0.1, -0.05) is 5.10 Å². The van der Waals surface area contributed by atoms with Crippen LogP contribution in [0.25, 0.3) is 11.5 Å². The summed E-state index contributed by atoms with van der Waals surface area (Å²) in [5.41, 5.74) is 0.578. The molecule has 0 aliphatic heterocycles. The molecule has 6 nitrogen and oxygen atoms in total. The Bertz CT molecular complexity index is 866. The van der Waals surface area contributed by atoms with Crippen molar-refractivity contribution in [3.8, 4) is 17.2 Å². The number of carbonyl (C=O) groups excluding carboxylic acids is 1. The molecule has 0 saturated carbocycles. The predicted molar refractivity (Wildman–Crippen MR) is 96.7 cm³/mol. The number of aromatic nitrogens is 2. The zero-order valence-corrected chi connectivity index (χ0v) is 14.8. The molecule has 0 atom stereocenters. The third-order valence-corrected chi connectivity index (χ3v) is 4.43. The molecule has 0 saturated heterocycles. The number of benzene rings is 2. The lowest BCUT2D eigenvalue weighted by molar-refractivity contribution is -0.115. The Morgan fingerprint density at radius 2 is 1.88 bits per heavy atom. The van der Waals surface area contributed by atoms with Crippen molar-refractivity contribution in [1.82, 2.24) is 10.2 Å². The van der Waals surface area contributed by atoms with E-state index in [2.05, 4.69) is 15.5 Å². The van der Waals surface area contributed by atoms with E-state index in [0.29, 0.717) is 17.7 Å². The SMILES string of the molecule is COc1ccc(SCCC(=O)Nc2nnc(-c3ccc(F)cc3)o2)cc1. The molecule has 0 fully saturated rings. The minimum atomic E-state index is -0.351. The van der Waals surface area contributed by atoms with Gasteiger partial charge in [0.2, 0.25) is 11.8 Å². The minimum Gasteiger partial charge on any atom is -0.497 e. The van der Waals surface area contributed by atoms with Gasteiger partial charge in [-0.15, -0.1) is 16.9 Å². The number of nitrogens with one attached hydrogen (secondary N) is 1. The Hall–Kier alpha value is -2.87. The lowest BCUT2D eigenvalue weighted by Crippen LogP contribution is -2.12. The number of ether oxygens (including phenoxy) is 1. The molecule has 0 unspecified atom stereocenters. The van der Waals surface area contributed by atoms with Crippen LogP contribution in [0.2, 0.25) is 0 Å². The molecule has 2 aromatic carbocycles.